The molecule has 3 aromatic carbocycles. The van der Waals surface area contributed by atoms with E-state index < -0.39 is 0 Å². The van der Waals surface area contributed by atoms with Crippen LogP contribution in [0.25, 0.3) is 39.2 Å². The number of aryl methyl sites for hydroxylation is 1. The smallest absolute Gasteiger partial charge is 0.193 e. The van der Waals surface area contributed by atoms with Crippen molar-refractivity contribution in [2.45, 2.75) is 156 Å². The molecule has 298 valence electrons. The van der Waals surface area contributed by atoms with Gasteiger partial charge >= 0.3 is 0 Å². The van der Waals surface area contributed by atoms with Crippen molar-refractivity contribution < 1.29 is 9.13 Å². The monoisotopic (exact) mass is 767 g/mol. The van der Waals surface area contributed by atoms with Crippen LogP contribution in [-0.4, -0.2) is 0 Å². The zero-order valence-electron chi connectivity index (χ0n) is 38.2. The first-order chi connectivity index (χ1) is 27.1. The number of hydrogen-bond acceptors (Lipinski definition) is 0. The molecule has 2 aromatic heterocycles. The van der Waals surface area contributed by atoms with Gasteiger partial charge < -0.3 is 0 Å². The maximum Gasteiger partial charge on any atom is 0.213 e. The number of fused-ring (bicyclic) bond motifs is 14. The molecule has 0 fully saturated rings. The normalized spacial score (nSPS) is 26.1. The van der Waals surface area contributed by atoms with Gasteiger partial charge in [0.25, 0.3) is 0 Å². The van der Waals surface area contributed by atoms with Crippen LogP contribution >= 0.6 is 0 Å². The summed E-state index contributed by atoms with van der Waals surface area (Å²) in [5.41, 5.74) is 21.5. The van der Waals surface area contributed by atoms with Gasteiger partial charge in [-0.25, -0.2) is 0 Å². The van der Waals surface area contributed by atoms with E-state index in [4.69, 9.17) is 0 Å². The molecule has 0 saturated heterocycles. The summed E-state index contributed by atoms with van der Waals surface area (Å²) in [5.74, 6) is 0. The lowest BCUT2D eigenvalue weighted by Crippen LogP contribution is -2.77. The summed E-state index contributed by atoms with van der Waals surface area (Å²) in [6.45, 7) is 38.3. The Balaban J connectivity index is 1.37. The molecule has 58 heavy (non-hydrogen) atoms. The lowest BCUT2D eigenvalue weighted by atomic mass is 9.43. The van der Waals surface area contributed by atoms with Gasteiger partial charge in [-0.2, -0.15) is 9.13 Å². The first-order valence-electron chi connectivity index (χ1n) is 22.4. The zero-order valence-corrected chi connectivity index (χ0v) is 38.2. The van der Waals surface area contributed by atoms with Crippen LogP contribution < -0.4 is 9.13 Å². The van der Waals surface area contributed by atoms with E-state index in [1.807, 2.05) is 0 Å². The van der Waals surface area contributed by atoms with Crippen molar-refractivity contribution in [1.29, 1.82) is 0 Å². The second-order valence-electron chi connectivity index (χ2n) is 22.2. The summed E-state index contributed by atoms with van der Waals surface area (Å²) >= 11 is 0. The second-order valence-corrected chi connectivity index (χ2v) is 22.2. The molecule has 3 aliphatic carbocycles. The van der Waals surface area contributed by atoms with Gasteiger partial charge in [0.1, 0.15) is 0 Å². The number of benzene rings is 3. The lowest BCUT2D eigenvalue weighted by Gasteiger charge is -2.59. The molecule has 2 atom stereocenters. The SMILES string of the molecule is CCC12C3=C(C[n+]4cc(-c5ccccc5)c(C)cc4-c4cc5c(cc43)C(C)(C)C(C)(C)C5(C)C)C1(CC)[n+]1ccccc1-c1cc3c(cc12)C(C)(C)C(C)(C)C3(C)C. The Morgan fingerprint density at radius 3 is 1.62 bits per heavy atom. The van der Waals surface area contributed by atoms with Gasteiger partial charge in [0.2, 0.25) is 16.9 Å². The maximum absolute atomic E-state index is 2.75. The maximum atomic E-state index is 2.75. The molecule has 0 spiro atoms. The number of hydrogen-bond donors (Lipinski definition) is 0. The molecule has 2 aliphatic heterocycles. The molecule has 0 amide bonds. The number of allylic oxidation sites excluding steroid dienone is 2. The molecule has 10 rings (SSSR count). The minimum absolute atomic E-state index is 0.00143. The fraction of sp³-hybridized carbons (Fsp3) is 0.464. The Morgan fingerprint density at radius 1 is 0.517 bits per heavy atom. The van der Waals surface area contributed by atoms with Crippen LogP contribution in [-0.2, 0) is 39.2 Å². The van der Waals surface area contributed by atoms with Crippen LogP contribution in [0.2, 0.25) is 0 Å². The Morgan fingerprint density at radius 2 is 1.05 bits per heavy atom. The van der Waals surface area contributed by atoms with E-state index in [2.05, 4.69) is 204 Å². The van der Waals surface area contributed by atoms with Crippen molar-refractivity contribution in [3.05, 3.63) is 136 Å². The van der Waals surface area contributed by atoms with Gasteiger partial charge in [-0.05, 0) is 120 Å². The molecule has 0 bridgehead atoms. The van der Waals surface area contributed by atoms with Crippen molar-refractivity contribution >= 4 is 5.57 Å². The summed E-state index contributed by atoms with van der Waals surface area (Å²) in [5, 5.41) is 0. The van der Waals surface area contributed by atoms with E-state index in [0.717, 1.165) is 19.4 Å². The molecule has 0 saturated carbocycles. The highest BCUT2D eigenvalue weighted by atomic mass is 15.1. The molecule has 4 heterocycles. The molecule has 5 aliphatic rings. The number of nitrogens with zero attached hydrogens (tertiary/aromatic N) is 2. The fourth-order valence-electron chi connectivity index (χ4n) is 13.8. The van der Waals surface area contributed by atoms with E-state index in [0.29, 0.717) is 0 Å². The minimum atomic E-state index is -0.223. The molecule has 2 nitrogen and oxygen atoms in total. The highest BCUT2D eigenvalue weighted by Crippen LogP contribution is 2.72. The average Bonchev–Trinajstić information content (AvgIpc) is 3.28. The van der Waals surface area contributed by atoms with E-state index in [1.54, 1.807) is 22.3 Å². The average molecular weight is 767 g/mol. The molecule has 5 aromatic rings. The number of aromatic nitrogens is 2. The first-order valence-corrected chi connectivity index (χ1v) is 22.4. The molecular weight excluding hydrogens is 701 g/mol. The Kier molecular flexibility index (Phi) is 7.25. The zero-order chi connectivity index (χ0) is 41.5. The highest BCUT2D eigenvalue weighted by molar-refractivity contribution is 5.97. The topological polar surface area (TPSA) is 7.76 Å². The van der Waals surface area contributed by atoms with Crippen LogP contribution in [0.4, 0.5) is 0 Å². The van der Waals surface area contributed by atoms with Crippen molar-refractivity contribution in [3.8, 4) is 33.6 Å². The Bertz CT molecular complexity index is 2680. The van der Waals surface area contributed by atoms with Crippen LogP contribution in [0.5, 0.6) is 0 Å². The number of pyridine rings is 2. The van der Waals surface area contributed by atoms with E-state index in [1.165, 1.54) is 61.5 Å². The predicted octanol–water partition coefficient (Wildman–Crippen LogP) is 13.0. The van der Waals surface area contributed by atoms with Crippen LogP contribution in [0.1, 0.15) is 149 Å². The largest absolute Gasteiger partial charge is 0.213 e. The van der Waals surface area contributed by atoms with Crippen LogP contribution in [0.15, 0.2) is 96.8 Å². The first kappa shape index (κ1) is 37.9. The Hall–Kier alpha value is -4.30. The van der Waals surface area contributed by atoms with Gasteiger partial charge in [0.15, 0.2) is 18.9 Å². The summed E-state index contributed by atoms with van der Waals surface area (Å²) in [6.07, 6.45) is 6.98. The van der Waals surface area contributed by atoms with E-state index in [-0.39, 0.29) is 43.4 Å². The highest BCUT2D eigenvalue weighted by Gasteiger charge is 2.75. The Labute approximate surface area is 349 Å². The molecular formula is C56H66N2+2. The third kappa shape index (κ3) is 3.85. The standard InChI is InChI=1S/C56H66N2/c1-16-55-40-31-44-43(51(8,9)54(14,15)52(44,10)11)30-38(40)46-25-21-22-26-58(46)56(55,17-2)45-33-57-32-39(35-23-19-18-20-24-35)34(3)27-47(57)36-28-41-42(29-37(36)48(45)55)50(6,7)53(12,13)49(41,4)5/h18-32H,16-17,33H2,1-15H3/q+2. The molecule has 0 radical (unpaired) electrons. The van der Waals surface area contributed by atoms with Gasteiger partial charge in [-0.15, -0.1) is 0 Å². The van der Waals surface area contributed by atoms with Crippen molar-refractivity contribution in [2.24, 2.45) is 10.8 Å². The lowest BCUT2D eigenvalue weighted by molar-refractivity contribution is -0.769. The quantitative estimate of drug-likeness (QED) is 0.162. The minimum Gasteiger partial charge on any atom is -0.193 e. The van der Waals surface area contributed by atoms with Gasteiger partial charge in [-0.1, -0.05) is 133 Å². The van der Waals surface area contributed by atoms with E-state index >= 15 is 0 Å². The fourth-order valence-corrected chi connectivity index (χ4v) is 13.8. The van der Waals surface area contributed by atoms with Crippen molar-refractivity contribution in [1.82, 2.24) is 0 Å². The molecule has 2 heteroatoms. The summed E-state index contributed by atoms with van der Waals surface area (Å²) in [6, 6.07) is 31.3. The van der Waals surface area contributed by atoms with Gasteiger partial charge in [0.05, 0.1) is 22.1 Å². The predicted molar refractivity (Wildman–Crippen MR) is 241 cm³/mol. The molecule has 2 unspecified atom stereocenters. The second kappa shape index (κ2) is 11.1. The summed E-state index contributed by atoms with van der Waals surface area (Å²) in [7, 11) is 0. The summed E-state index contributed by atoms with van der Waals surface area (Å²) in [4.78, 5) is 0. The van der Waals surface area contributed by atoms with Crippen LogP contribution in [0.3, 0.4) is 0 Å². The molecule has 0 N–H and O–H groups in total. The van der Waals surface area contributed by atoms with Gasteiger partial charge in [0, 0.05) is 30.2 Å². The number of rotatable bonds is 3. The van der Waals surface area contributed by atoms with Crippen LogP contribution in [0, 0.1) is 17.8 Å². The van der Waals surface area contributed by atoms with Gasteiger partial charge in [-0.3, -0.25) is 0 Å². The summed E-state index contributed by atoms with van der Waals surface area (Å²) < 4.78 is 5.40. The van der Waals surface area contributed by atoms with E-state index in [9.17, 15) is 0 Å². The third-order valence-electron chi connectivity index (χ3n) is 19.6. The van der Waals surface area contributed by atoms with Crippen molar-refractivity contribution in [2.75, 3.05) is 0 Å². The third-order valence-corrected chi connectivity index (χ3v) is 19.6. The van der Waals surface area contributed by atoms with Crippen molar-refractivity contribution in [3.63, 3.8) is 0 Å².